The van der Waals surface area contributed by atoms with Gasteiger partial charge >= 0.3 is 5.97 Å². The number of methoxy groups -OCH3 is 1. The summed E-state index contributed by atoms with van der Waals surface area (Å²) in [7, 11) is -2.84. The number of hydrogen-bond donors (Lipinski definition) is 2. The molecule has 0 saturated heterocycles. The lowest BCUT2D eigenvalue weighted by Gasteiger charge is -2.28. The molecule has 0 heterocycles. The average molecular weight is 440 g/mol. The highest BCUT2D eigenvalue weighted by Crippen LogP contribution is 2.39. The van der Waals surface area contributed by atoms with E-state index in [0.717, 1.165) is 25.0 Å². The molecule has 0 aromatic heterocycles. The maximum Gasteiger partial charge on any atom is 0.335 e. The third-order valence-corrected chi connectivity index (χ3v) is 5.21. The molecule has 0 aliphatic carbocycles. The SMILES string of the molecule is CCCCN(CCOC)c1cc(C(=O)O)cc(S(N)(=O)=O)c1Oc1cccc(F)c1. The number of nitrogens with two attached hydrogens (primary N) is 1. The number of carboxylic acid groups (broad SMARTS) is 1. The first kappa shape index (κ1) is 23.6. The van der Waals surface area contributed by atoms with Crippen LogP contribution in [0.3, 0.4) is 0 Å². The first-order valence-corrected chi connectivity index (χ1v) is 10.8. The summed E-state index contributed by atoms with van der Waals surface area (Å²) >= 11 is 0. The zero-order chi connectivity index (χ0) is 22.3. The van der Waals surface area contributed by atoms with Crippen LogP contribution in [-0.2, 0) is 14.8 Å². The molecule has 8 nitrogen and oxygen atoms in total. The van der Waals surface area contributed by atoms with Gasteiger partial charge in [-0.3, -0.25) is 0 Å². The molecule has 164 valence electrons. The Kier molecular flexibility index (Phi) is 8.16. The van der Waals surface area contributed by atoms with Crippen LogP contribution in [0.25, 0.3) is 0 Å². The number of nitrogens with zero attached hydrogens (tertiary/aromatic N) is 1. The average Bonchev–Trinajstić information content (AvgIpc) is 2.67. The van der Waals surface area contributed by atoms with Crippen molar-refractivity contribution in [3.8, 4) is 11.5 Å². The summed E-state index contributed by atoms with van der Waals surface area (Å²) in [5.74, 6) is -2.01. The zero-order valence-corrected chi connectivity index (χ0v) is 17.6. The summed E-state index contributed by atoms with van der Waals surface area (Å²) in [5.41, 5.74) is -0.0479. The maximum absolute atomic E-state index is 13.6. The number of anilines is 1. The molecular weight excluding hydrogens is 415 g/mol. The number of unbranched alkanes of at least 4 members (excludes halogenated alkanes) is 1. The minimum atomic E-state index is -4.36. The van der Waals surface area contributed by atoms with E-state index in [0.29, 0.717) is 19.7 Å². The smallest absolute Gasteiger partial charge is 0.335 e. The van der Waals surface area contributed by atoms with Gasteiger partial charge in [0, 0.05) is 26.3 Å². The third-order valence-electron chi connectivity index (χ3n) is 4.29. The first-order valence-electron chi connectivity index (χ1n) is 9.28. The molecule has 2 rings (SSSR count). The molecule has 0 saturated carbocycles. The second kappa shape index (κ2) is 10.4. The third kappa shape index (κ3) is 6.15. The van der Waals surface area contributed by atoms with Crippen molar-refractivity contribution < 1.29 is 32.2 Å². The van der Waals surface area contributed by atoms with Crippen molar-refractivity contribution >= 4 is 21.7 Å². The fourth-order valence-corrected chi connectivity index (χ4v) is 3.51. The van der Waals surface area contributed by atoms with E-state index in [-0.39, 0.29) is 22.7 Å². The standard InChI is InChI=1S/C20H25FN2O6S/c1-3-4-8-23(9-10-28-2)17-11-14(20(24)25)12-18(30(22,26)27)19(17)29-16-7-5-6-15(21)13-16/h5-7,11-13H,3-4,8-10H2,1-2H3,(H,24,25)(H2,22,26,27). The number of benzene rings is 2. The van der Waals surface area contributed by atoms with E-state index in [9.17, 15) is 22.7 Å². The summed E-state index contributed by atoms with van der Waals surface area (Å²) in [5, 5.41) is 14.8. The molecule has 0 fully saturated rings. The predicted octanol–water partition coefficient (Wildman–Crippen LogP) is 3.22. The highest BCUT2D eigenvalue weighted by molar-refractivity contribution is 7.89. The van der Waals surface area contributed by atoms with E-state index in [1.165, 1.54) is 31.4 Å². The van der Waals surface area contributed by atoms with Gasteiger partial charge in [0.1, 0.15) is 16.5 Å². The second-order valence-corrected chi connectivity index (χ2v) is 8.10. The number of primary sulfonamides is 1. The van der Waals surface area contributed by atoms with Crippen molar-refractivity contribution in [1.29, 1.82) is 0 Å². The lowest BCUT2D eigenvalue weighted by molar-refractivity contribution is 0.0696. The van der Waals surface area contributed by atoms with Crippen LogP contribution < -0.4 is 14.8 Å². The highest BCUT2D eigenvalue weighted by atomic mass is 32.2. The summed E-state index contributed by atoms with van der Waals surface area (Å²) in [6.45, 7) is 3.14. The fraction of sp³-hybridized carbons (Fsp3) is 0.350. The van der Waals surface area contributed by atoms with E-state index in [1.807, 2.05) is 6.92 Å². The van der Waals surface area contributed by atoms with Crippen LogP contribution in [0.2, 0.25) is 0 Å². The summed E-state index contributed by atoms with van der Waals surface area (Å²) < 4.78 is 49.1. The summed E-state index contributed by atoms with van der Waals surface area (Å²) in [6, 6.07) is 7.42. The van der Waals surface area contributed by atoms with E-state index in [1.54, 1.807) is 4.90 Å². The van der Waals surface area contributed by atoms with E-state index < -0.39 is 26.7 Å². The molecule has 0 unspecified atom stereocenters. The topological polar surface area (TPSA) is 119 Å². The van der Waals surface area contributed by atoms with Crippen LogP contribution in [0.5, 0.6) is 11.5 Å². The van der Waals surface area contributed by atoms with Crippen LogP contribution in [0, 0.1) is 5.82 Å². The number of hydrogen-bond acceptors (Lipinski definition) is 6. The lowest BCUT2D eigenvalue weighted by atomic mass is 10.1. The second-order valence-electron chi connectivity index (χ2n) is 6.57. The van der Waals surface area contributed by atoms with Crippen molar-refractivity contribution in [3.63, 3.8) is 0 Å². The van der Waals surface area contributed by atoms with E-state index in [4.69, 9.17) is 14.6 Å². The van der Waals surface area contributed by atoms with Gasteiger partial charge in [-0.1, -0.05) is 19.4 Å². The van der Waals surface area contributed by atoms with E-state index in [2.05, 4.69) is 0 Å². The van der Waals surface area contributed by atoms with Crippen molar-refractivity contribution in [3.05, 3.63) is 47.8 Å². The van der Waals surface area contributed by atoms with E-state index >= 15 is 0 Å². The Bertz CT molecular complexity index is 989. The van der Waals surface area contributed by atoms with Crippen LogP contribution in [0.4, 0.5) is 10.1 Å². The molecule has 3 N–H and O–H groups in total. The number of carbonyl (C=O) groups is 1. The van der Waals surface area contributed by atoms with Gasteiger partial charge in [0.05, 0.1) is 17.9 Å². The molecular formula is C20H25FN2O6S. The lowest BCUT2D eigenvalue weighted by Crippen LogP contribution is -2.29. The molecule has 2 aromatic carbocycles. The Morgan fingerprint density at radius 2 is 1.97 bits per heavy atom. The van der Waals surface area contributed by atoms with Gasteiger partial charge in [0.15, 0.2) is 5.75 Å². The molecule has 0 spiro atoms. The first-order chi connectivity index (χ1) is 14.2. The molecule has 0 aliphatic heterocycles. The molecule has 0 radical (unpaired) electrons. The Balaban J connectivity index is 2.73. The minimum absolute atomic E-state index is 0.0476. The fourth-order valence-electron chi connectivity index (χ4n) is 2.81. The minimum Gasteiger partial charge on any atom is -0.478 e. The number of aromatic carboxylic acids is 1. The van der Waals surface area contributed by atoms with Gasteiger partial charge in [0.25, 0.3) is 0 Å². The number of carboxylic acids is 1. The Labute approximate surface area is 175 Å². The van der Waals surface area contributed by atoms with Gasteiger partial charge in [0.2, 0.25) is 10.0 Å². The van der Waals surface area contributed by atoms with Crippen LogP contribution in [0.1, 0.15) is 30.1 Å². The van der Waals surface area contributed by atoms with Gasteiger partial charge in [-0.25, -0.2) is 22.7 Å². The molecule has 0 atom stereocenters. The van der Waals surface area contributed by atoms with Gasteiger partial charge in [-0.2, -0.15) is 0 Å². The van der Waals surface area contributed by atoms with Gasteiger partial charge in [-0.05, 0) is 30.7 Å². The van der Waals surface area contributed by atoms with Crippen LogP contribution in [-0.4, -0.2) is 46.3 Å². The molecule has 30 heavy (non-hydrogen) atoms. The van der Waals surface area contributed by atoms with Gasteiger partial charge in [-0.15, -0.1) is 0 Å². The molecule has 0 bridgehead atoms. The Morgan fingerprint density at radius 3 is 2.53 bits per heavy atom. The molecule has 10 heteroatoms. The highest BCUT2D eigenvalue weighted by Gasteiger charge is 2.26. The zero-order valence-electron chi connectivity index (χ0n) is 16.8. The van der Waals surface area contributed by atoms with Crippen molar-refractivity contribution in [1.82, 2.24) is 0 Å². The number of sulfonamides is 1. The summed E-state index contributed by atoms with van der Waals surface area (Å²) in [6.07, 6.45) is 1.61. The monoisotopic (exact) mass is 440 g/mol. The number of ether oxygens (including phenoxy) is 2. The largest absolute Gasteiger partial charge is 0.478 e. The Morgan fingerprint density at radius 1 is 1.23 bits per heavy atom. The number of rotatable bonds is 11. The Hall–Kier alpha value is -2.69. The summed E-state index contributed by atoms with van der Waals surface area (Å²) in [4.78, 5) is 12.9. The quantitative estimate of drug-likeness (QED) is 0.551. The normalized spacial score (nSPS) is 11.3. The number of halogens is 1. The van der Waals surface area contributed by atoms with Crippen molar-refractivity contribution in [2.75, 3.05) is 31.7 Å². The molecule has 2 aromatic rings. The molecule has 0 aliphatic rings. The van der Waals surface area contributed by atoms with Crippen molar-refractivity contribution in [2.24, 2.45) is 5.14 Å². The maximum atomic E-state index is 13.6. The van der Waals surface area contributed by atoms with Crippen LogP contribution in [0.15, 0.2) is 41.3 Å². The molecule has 0 amide bonds. The predicted molar refractivity (Wildman–Crippen MR) is 110 cm³/mol. The van der Waals surface area contributed by atoms with Crippen LogP contribution >= 0.6 is 0 Å². The van der Waals surface area contributed by atoms with Gasteiger partial charge < -0.3 is 19.5 Å². The van der Waals surface area contributed by atoms with Crippen molar-refractivity contribution in [2.45, 2.75) is 24.7 Å².